The first-order valence-electron chi connectivity index (χ1n) is 12.2. The van der Waals surface area contributed by atoms with Crippen LogP contribution in [-0.2, 0) is 4.74 Å². The zero-order valence-electron chi connectivity index (χ0n) is 19.3. The number of pyridine rings is 1. The Balaban J connectivity index is 1.16. The van der Waals surface area contributed by atoms with E-state index < -0.39 is 0 Å². The Morgan fingerprint density at radius 1 is 0.824 bits per heavy atom. The van der Waals surface area contributed by atoms with Gasteiger partial charge in [0.05, 0.1) is 24.2 Å². The number of para-hydroxylation sites is 1. The second kappa shape index (κ2) is 9.35. The zero-order valence-corrected chi connectivity index (χ0v) is 19.3. The second-order valence-corrected chi connectivity index (χ2v) is 9.05. The second-order valence-electron chi connectivity index (χ2n) is 9.05. The average Bonchev–Trinajstić information content (AvgIpc) is 3.33. The Kier molecular flexibility index (Phi) is 5.77. The highest BCUT2D eigenvalue weighted by Gasteiger charge is 2.21. The molecule has 6 rings (SSSR count). The summed E-state index contributed by atoms with van der Waals surface area (Å²) in [5.74, 6) is 0.952. The Morgan fingerprint density at radius 3 is 2.56 bits per heavy atom. The molecule has 2 aliphatic rings. The summed E-state index contributed by atoms with van der Waals surface area (Å²) in [5.41, 5.74) is 5.73. The molecule has 2 aromatic carbocycles. The Bertz CT molecular complexity index is 1250. The van der Waals surface area contributed by atoms with Gasteiger partial charge in [-0.25, -0.2) is 9.97 Å². The molecule has 4 aromatic rings. The molecule has 0 radical (unpaired) electrons. The van der Waals surface area contributed by atoms with Crippen molar-refractivity contribution in [2.75, 3.05) is 54.5 Å². The molecule has 0 bridgehead atoms. The molecular formula is C27H30N6O. The molecular weight excluding hydrogens is 424 g/mol. The van der Waals surface area contributed by atoms with Gasteiger partial charge in [0.2, 0.25) is 0 Å². The summed E-state index contributed by atoms with van der Waals surface area (Å²) >= 11 is 0. The van der Waals surface area contributed by atoms with Crippen molar-refractivity contribution in [1.29, 1.82) is 0 Å². The van der Waals surface area contributed by atoms with E-state index in [0.29, 0.717) is 6.04 Å². The van der Waals surface area contributed by atoms with Crippen molar-refractivity contribution in [3.05, 3.63) is 73.2 Å². The highest BCUT2D eigenvalue weighted by Crippen LogP contribution is 2.27. The van der Waals surface area contributed by atoms with Gasteiger partial charge in [0.1, 0.15) is 12.1 Å². The first-order valence-corrected chi connectivity index (χ1v) is 12.2. The van der Waals surface area contributed by atoms with Crippen LogP contribution in [0, 0.1) is 0 Å². The molecule has 4 heterocycles. The number of imidazole rings is 1. The molecule has 7 heteroatoms. The predicted molar refractivity (Wildman–Crippen MR) is 137 cm³/mol. The van der Waals surface area contributed by atoms with Crippen LogP contribution in [-0.4, -0.2) is 60.0 Å². The number of nitrogens with zero attached hydrogens (tertiary/aromatic N) is 5. The van der Waals surface area contributed by atoms with Crippen LogP contribution in [0.1, 0.15) is 12.8 Å². The van der Waals surface area contributed by atoms with Gasteiger partial charge in [-0.2, -0.15) is 0 Å². The smallest absolute Gasteiger partial charge is 0.128 e. The molecule has 0 unspecified atom stereocenters. The zero-order chi connectivity index (χ0) is 22.7. The van der Waals surface area contributed by atoms with Crippen LogP contribution in [0.5, 0.6) is 0 Å². The van der Waals surface area contributed by atoms with E-state index in [2.05, 4.69) is 84.2 Å². The van der Waals surface area contributed by atoms with Gasteiger partial charge in [0.25, 0.3) is 0 Å². The van der Waals surface area contributed by atoms with Gasteiger partial charge in [-0.15, -0.1) is 0 Å². The lowest BCUT2D eigenvalue weighted by Gasteiger charge is -2.35. The molecule has 1 atom stereocenters. The average molecular weight is 455 g/mol. The molecule has 7 nitrogen and oxygen atoms in total. The quantitative estimate of drug-likeness (QED) is 0.484. The molecule has 2 fully saturated rings. The molecule has 2 aliphatic heterocycles. The van der Waals surface area contributed by atoms with Crippen molar-refractivity contribution >= 4 is 28.2 Å². The van der Waals surface area contributed by atoms with Gasteiger partial charge >= 0.3 is 0 Å². The Hall–Kier alpha value is -3.58. The summed E-state index contributed by atoms with van der Waals surface area (Å²) in [4.78, 5) is 14.1. The van der Waals surface area contributed by atoms with Crippen molar-refractivity contribution in [3.63, 3.8) is 0 Å². The van der Waals surface area contributed by atoms with Gasteiger partial charge in [0.15, 0.2) is 0 Å². The highest BCUT2D eigenvalue weighted by molar-refractivity contribution is 5.81. The van der Waals surface area contributed by atoms with Crippen LogP contribution in [0.2, 0.25) is 0 Å². The highest BCUT2D eigenvalue weighted by atomic mass is 16.5. The number of aromatic nitrogens is 3. The van der Waals surface area contributed by atoms with E-state index in [1.807, 2.05) is 18.6 Å². The third-order valence-corrected chi connectivity index (χ3v) is 6.82. The van der Waals surface area contributed by atoms with E-state index in [4.69, 9.17) is 4.74 Å². The summed E-state index contributed by atoms with van der Waals surface area (Å²) in [6, 6.07) is 21.6. The van der Waals surface area contributed by atoms with Crippen LogP contribution in [0.3, 0.4) is 0 Å². The SMILES string of the molecule is c1ccc(-n2cnc3cc(N4CCC[C@@H](Nc5cc(N6CCOCC6)ccn5)C4)ccc32)cc1. The van der Waals surface area contributed by atoms with Crippen molar-refractivity contribution < 1.29 is 4.74 Å². The molecule has 174 valence electrons. The van der Waals surface area contributed by atoms with E-state index in [0.717, 1.165) is 74.8 Å². The summed E-state index contributed by atoms with van der Waals surface area (Å²) in [7, 11) is 0. The topological polar surface area (TPSA) is 58.5 Å². The van der Waals surface area contributed by atoms with E-state index in [1.54, 1.807) is 0 Å². The monoisotopic (exact) mass is 454 g/mol. The van der Waals surface area contributed by atoms with Gasteiger partial charge in [-0.3, -0.25) is 4.57 Å². The van der Waals surface area contributed by atoms with E-state index in [-0.39, 0.29) is 0 Å². The first-order chi connectivity index (χ1) is 16.8. The van der Waals surface area contributed by atoms with Crippen molar-refractivity contribution in [3.8, 4) is 5.69 Å². The van der Waals surface area contributed by atoms with Crippen LogP contribution in [0.15, 0.2) is 73.2 Å². The van der Waals surface area contributed by atoms with Gasteiger partial charge in [0, 0.05) is 61.5 Å². The molecule has 1 N–H and O–H groups in total. The number of ether oxygens (including phenoxy) is 1. The van der Waals surface area contributed by atoms with Crippen LogP contribution in [0.4, 0.5) is 17.2 Å². The summed E-state index contributed by atoms with van der Waals surface area (Å²) in [6.45, 7) is 5.46. The van der Waals surface area contributed by atoms with Gasteiger partial charge < -0.3 is 19.9 Å². The van der Waals surface area contributed by atoms with Crippen molar-refractivity contribution in [1.82, 2.24) is 14.5 Å². The number of benzene rings is 2. The standard InChI is InChI=1S/C27H30N6O/c1-2-6-22(7-3-1)33-20-29-25-17-23(8-9-26(25)33)32-12-4-5-21(19-32)30-27-18-24(10-11-28-27)31-13-15-34-16-14-31/h1-3,6-11,17-18,20-21H,4-5,12-16,19H2,(H,28,30)/t21-/m1/s1. The molecule has 2 saturated heterocycles. The molecule has 0 saturated carbocycles. The summed E-state index contributed by atoms with van der Waals surface area (Å²) in [6.07, 6.45) is 6.12. The normalized spacial score (nSPS) is 18.9. The maximum atomic E-state index is 5.49. The number of hydrogen-bond acceptors (Lipinski definition) is 6. The van der Waals surface area contributed by atoms with Crippen molar-refractivity contribution in [2.24, 2.45) is 0 Å². The molecule has 0 amide bonds. The predicted octanol–water partition coefficient (Wildman–Crippen LogP) is 4.34. The van der Waals surface area contributed by atoms with Crippen LogP contribution in [0.25, 0.3) is 16.7 Å². The number of anilines is 3. The maximum absolute atomic E-state index is 5.49. The lowest BCUT2D eigenvalue weighted by atomic mass is 10.0. The minimum atomic E-state index is 0.360. The van der Waals surface area contributed by atoms with Gasteiger partial charge in [-0.1, -0.05) is 18.2 Å². The maximum Gasteiger partial charge on any atom is 0.128 e. The minimum absolute atomic E-state index is 0.360. The van der Waals surface area contributed by atoms with Crippen LogP contribution < -0.4 is 15.1 Å². The van der Waals surface area contributed by atoms with E-state index in [9.17, 15) is 0 Å². The number of nitrogens with one attached hydrogen (secondary N) is 1. The fourth-order valence-electron chi connectivity index (χ4n) is 5.05. The number of hydrogen-bond donors (Lipinski definition) is 1. The third-order valence-electron chi connectivity index (χ3n) is 6.82. The fourth-order valence-corrected chi connectivity index (χ4v) is 5.05. The lowest BCUT2D eigenvalue weighted by Crippen LogP contribution is -2.42. The van der Waals surface area contributed by atoms with Gasteiger partial charge in [-0.05, 0) is 49.2 Å². The number of rotatable bonds is 5. The molecule has 34 heavy (non-hydrogen) atoms. The first kappa shape index (κ1) is 21.0. The summed E-state index contributed by atoms with van der Waals surface area (Å²) in [5, 5.41) is 3.69. The Labute approximate surface area is 200 Å². The summed E-state index contributed by atoms with van der Waals surface area (Å²) < 4.78 is 7.64. The molecule has 0 spiro atoms. The van der Waals surface area contributed by atoms with E-state index >= 15 is 0 Å². The Morgan fingerprint density at radius 2 is 1.68 bits per heavy atom. The largest absolute Gasteiger partial charge is 0.378 e. The minimum Gasteiger partial charge on any atom is -0.378 e. The number of piperidine rings is 1. The molecule has 0 aliphatic carbocycles. The fraction of sp³-hybridized carbons (Fsp3) is 0.333. The van der Waals surface area contributed by atoms with Crippen molar-refractivity contribution in [2.45, 2.75) is 18.9 Å². The van der Waals surface area contributed by atoms with Crippen LogP contribution >= 0.6 is 0 Å². The van der Waals surface area contributed by atoms with E-state index in [1.165, 1.54) is 11.4 Å². The molecule has 2 aromatic heterocycles. The third kappa shape index (κ3) is 4.31. The number of fused-ring (bicyclic) bond motifs is 1. The number of morpholine rings is 1. The lowest BCUT2D eigenvalue weighted by molar-refractivity contribution is 0.122.